The third kappa shape index (κ3) is 3.72. The van der Waals surface area contributed by atoms with Crippen LogP contribution in [0.25, 0.3) is 21.8 Å². The quantitative estimate of drug-likeness (QED) is 0.416. The van der Waals surface area contributed by atoms with E-state index in [1.165, 1.54) is 0 Å². The van der Waals surface area contributed by atoms with Crippen molar-refractivity contribution < 1.29 is 26.1 Å². The van der Waals surface area contributed by atoms with Gasteiger partial charge in [-0.25, -0.2) is 4.98 Å². The first kappa shape index (κ1) is 18.3. The van der Waals surface area contributed by atoms with Gasteiger partial charge >= 0.3 is 16.5 Å². The molecule has 0 radical (unpaired) electrons. The minimum atomic E-state index is -0.427. The fraction of sp³-hybridized carbons (Fsp3) is 0. The van der Waals surface area contributed by atoms with Crippen LogP contribution >= 0.6 is 0 Å². The SMILES string of the molecule is C=CC(=O)Nc1cc2ccc3cccnc3c2nc1NC(=O)C=C.[Ni+2]. The largest absolute Gasteiger partial charge is 2.00 e. The van der Waals surface area contributed by atoms with Gasteiger partial charge in [-0.05, 0) is 24.3 Å². The van der Waals surface area contributed by atoms with E-state index in [4.69, 9.17) is 0 Å². The molecule has 2 N–H and O–H groups in total. The van der Waals surface area contributed by atoms with E-state index in [0.29, 0.717) is 16.7 Å². The summed E-state index contributed by atoms with van der Waals surface area (Å²) in [5, 5.41) is 6.96. The van der Waals surface area contributed by atoms with Gasteiger partial charge in [0.1, 0.15) is 0 Å². The molecule has 0 saturated carbocycles. The van der Waals surface area contributed by atoms with Crippen LogP contribution in [0, 0.1) is 0 Å². The molecule has 3 rings (SSSR count). The van der Waals surface area contributed by atoms with Crippen LogP contribution in [0.5, 0.6) is 0 Å². The smallest absolute Gasteiger partial charge is 0.319 e. The number of carbonyl (C=O) groups excluding carboxylic acids is 2. The second-order valence-corrected chi connectivity index (χ2v) is 4.98. The topological polar surface area (TPSA) is 84.0 Å². The Morgan fingerprint density at radius 2 is 1.64 bits per heavy atom. The average Bonchev–Trinajstić information content (AvgIpc) is 2.61. The number of benzene rings is 1. The molecule has 126 valence electrons. The van der Waals surface area contributed by atoms with Gasteiger partial charge in [-0.1, -0.05) is 31.4 Å². The van der Waals surface area contributed by atoms with Crippen molar-refractivity contribution in [2.75, 3.05) is 10.6 Å². The molecule has 0 aliphatic carbocycles. The summed E-state index contributed by atoms with van der Waals surface area (Å²) in [7, 11) is 0. The monoisotopic (exact) mass is 376 g/mol. The molecule has 6 nitrogen and oxygen atoms in total. The molecule has 25 heavy (non-hydrogen) atoms. The van der Waals surface area contributed by atoms with Gasteiger partial charge in [0, 0.05) is 17.0 Å². The average molecular weight is 377 g/mol. The van der Waals surface area contributed by atoms with Crippen molar-refractivity contribution in [1.82, 2.24) is 9.97 Å². The summed E-state index contributed by atoms with van der Waals surface area (Å²) in [4.78, 5) is 32.2. The number of aromatic nitrogens is 2. The summed E-state index contributed by atoms with van der Waals surface area (Å²) in [5.41, 5.74) is 1.72. The maximum atomic E-state index is 11.7. The zero-order chi connectivity index (χ0) is 17.1. The summed E-state index contributed by atoms with van der Waals surface area (Å²) >= 11 is 0. The van der Waals surface area contributed by atoms with Crippen LogP contribution in [0.15, 0.2) is 61.8 Å². The zero-order valence-electron chi connectivity index (χ0n) is 13.1. The Kier molecular flexibility index (Phi) is 5.62. The zero-order valence-corrected chi connectivity index (χ0v) is 14.0. The fourth-order valence-electron chi connectivity index (χ4n) is 2.32. The molecule has 1 aromatic carbocycles. The third-order valence-electron chi connectivity index (χ3n) is 3.43. The Bertz CT molecular complexity index is 1000. The summed E-state index contributed by atoms with van der Waals surface area (Å²) in [6.45, 7) is 6.84. The van der Waals surface area contributed by atoms with E-state index >= 15 is 0 Å². The molecule has 0 atom stereocenters. The first-order valence-electron chi connectivity index (χ1n) is 7.17. The van der Waals surface area contributed by atoms with E-state index in [1.54, 1.807) is 12.3 Å². The van der Waals surface area contributed by atoms with Crippen molar-refractivity contribution in [3.63, 3.8) is 0 Å². The molecule has 0 fully saturated rings. The van der Waals surface area contributed by atoms with Gasteiger partial charge in [0.05, 0.1) is 16.7 Å². The van der Waals surface area contributed by atoms with Crippen LogP contribution in [0.1, 0.15) is 0 Å². The number of fused-ring (bicyclic) bond motifs is 3. The van der Waals surface area contributed by atoms with Gasteiger partial charge in [0.25, 0.3) is 0 Å². The number of hydrogen-bond donors (Lipinski definition) is 2. The molecule has 2 aromatic heterocycles. The molecule has 0 unspecified atom stereocenters. The van der Waals surface area contributed by atoms with Gasteiger partial charge in [-0.3, -0.25) is 14.6 Å². The number of anilines is 2. The third-order valence-corrected chi connectivity index (χ3v) is 3.43. The number of carbonyl (C=O) groups is 2. The number of nitrogens with one attached hydrogen (secondary N) is 2. The number of pyridine rings is 2. The van der Waals surface area contributed by atoms with Gasteiger partial charge in [0.15, 0.2) is 5.82 Å². The first-order chi connectivity index (χ1) is 11.6. The van der Waals surface area contributed by atoms with Gasteiger partial charge in [0.2, 0.25) is 11.8 Å². The maximum Gasteiger partial charge on any atom is 2.00 e. The van der Waals surface area contributed by atoms with Crippen LogP contribution in [0.3, 0.4) is 0 Å². The second kappa shape index (κ2) is 7.68. The minimum absolute atomic E-state index is 0. The number of hydrogen-bond acceptors (Lipinski definition) is 4. The standard InChI is InChI=1S/C18H14N4O2.Ni/c1-3-14(23)20-13-10-12-8-7-11-6-5-9-19-16(11)17(12)22-18(13)21-15(24)4-2;/h3-10H,1-2H2,(H,20,23)(H,21,22,24);/q;+2. The normalized spacial score (nSPS) is 9.92. The van der Waals surface area contributed by atoms with Crippen LogP contribution in [0.4, 0.5) is 11.5 Å². The van der Waals surface area contributed by atoms with E-state index < -0.39 is 11.8 Å². The van der Waals surface area contributed by atoms with E-state index in [1.807, 2.05) is 24.3 Å². The minimum Gasteiger partial charge on any atom is -0.319 e. The molecule has 2 amide bonds. The Morgan fingerprint density at radius 1 is 0.960 bits per heavy atom. The Morgan fingerprint density at radius 3 is 2.36 bits per heavy atom. The Balaban J connectivity index is 0.00000225. The van der Waals surface area contributed by atoms with E-state index in [9.17, 15) is 9.59 Å². The predicted octanol–water partition coefficient (Wildman–Crippen LogP) is 3.03. The predicted molar refractivity (Wildman–Crippen MR) is 94.7 cm³/mol. The van der Waals surface area contributed by atoms with E-state index in [0.717, 1.165) is 22.9 Å². The molecule has 2 heterocycles. The van der Waals surface area contributed by atoms with Crippen LogP contribution in [-0.4, -0.2) is 21.8 Å². The van der Waals surface area contributed by atoms with Gasteiger partial charge in [-0.15, -0.1) is 0 Å². The summed E-state index contributed by atoms with van der Waals surface area (Å²) in [6, 6.07) is 9.31. The molecular weight excluding hydrogens is 363 g/mol. The fourth-order valence-corrected chi connectivity index (χ4v) is 2.32. The molecule has 0 saturated heterocycles. The summed E-state index contributed by atoms with van der Waals surface area (Å²) in [6.07, 6.45) is 3.95. The molecule has 0 aliphatic heterocycles. The van der Waals surface area contributed by atoms with Crippen molar-refractivity contribution in [3.05, 3.63) is 61.8 Å². The van der Waals surface area contributed by atoms with Crippen LogP contribution in [-0.2, 0) is 26.1 Å². The maximum absolute atomic E-state index is 11.7. The Labute approximate surface area is 154 Å². The molecular formula is C18H14N4NiO2+2. The van der Waals surface area contributed by atoms with E-state index in [-0.39, 0.29) is 22.3 Å². The van der Waals surface area contributed by atoms with Crippen molar-refractivity contribution >= 4 is 45.1 Å². The second-order valence-electron chi connectivity index (χ2n) is 4.98. The molecule has 3 aromatic rings. The van der Waals surface area contributed by atoms with Crippen molar-refractivity contribution in [2.24, 2.45) is 0 Å². The summed E-state index contributed by atoms with van der Waals surface area (Å²) < 4.78 is 0. The number of amides is 2. The number of rotatable bonds is 4. The van der Waals surface area contributed by atoms with Crippen LogP contribution in [0.2, 0.25) is 0 Å². The van der Waals surface area contributed by atoms with Gasteiger partial charge < -0.3 is 10.6 Å². The van der Waals surface area contributed by atoms with Crippen LogP contribution < -0.4 is 10.6 Å². The molecule has 0 spiro atoms. The Hall–Kier alpha value is -3.05. The molecule has 0 bridgehead atoms. The van der Waals surface area contributed by atoms with E-state index in [2.05, 4.69) is 33.8 Å². The molecule has 7 heteroatoms. The molecule has 0 aliphatic rings. The van der Waals surface area contributed by atoms with Crippen molar-refractivity contribution in [2.45, 2.75) is 0 Å². The summed E-state index contributed by atoms with van der Waals surface area (Å²) in [5.74, 6) is -0.603. The van der Waals surface area contributed by atoms with Crippen molar-refractivity contribution in [1.29, 1.82) is 0 Å². The number of nitrogens with zero attached hydrogens (tertiary/aromatic N) is 2. The van der Waals surface area contributed by atoms with Gasteiger partial charge in [-0.2, -0.15) is 0 Å². The van der Waals surface area contributed by atoms with Crippen molar-refractivity contribution in [3.8, 4) is 0 Å². The first-order valence-corrected chi connectivity index (χ1v) is 7.17.